The molecule has 7 heteroatoms. The molecule has 4 aromatic rings. The molecule has 2 N–H and O–H groups in total. The summed E-state index contributed by atoms with van der Waals surface area (Å²) in [6.45, 7) is 12.5. The number of imidazole rings is 1. The Bertz CT molecular complexity index is 1680. The summed E-state index contributed by atoms with van der Waals surface area (Å²) < 4.78 is 2.20. The van der Waals surface area contributed by atoms with E-state index >= 15 is 0 Å². The lowest BCUT2D eigenvalue weighted by atomic mass is 9.69. The lowest BCUT2D eigenvalue weighted by molar-refractivity contribution is -0.0328. The molecule has 3 heterocycles. The van der Waals surface area contributed by atoms with Crippen molar-refractivity contribution < 1.29 is 9.90 Å². The summed E-state index contributed by atoms with van der Waals surface area (Å²) in [6.07, 6.45) is 7.88. The predicted molar refractivity (Wildman–Crippen MR) is 169 cm³/mol. The van der Waals surface area contributed by atoms with Crippen molar-refractivity contribution in [2.45, 2.75) is 71.9 Å². The first-order chi connectivity index (χ1) is 19.9. The average molecular weight is 562 g/mol. The molecular weight excluding hydrogens is 522 g/mol. The Balaban J connectivity index is 1.56. The number of carbonyl (C=O) groups is 1. The summed E-state index contributed by atoms with van der Waals surface area (Å²) in [7, 11) is 0. The van der Waals surface area contributed by atoms with Crippen LogP contribution in [0.4, 0.5) is 16.3 Å². The van der Waals surface area contributed by atoms with Crippen LogP contribution in [0.25, 0.3) is 34.4 Å². The topological polar surface area (TPSA) is 83.3 Å². The van der Waals surface area contributed by atoms with Crippen LogP contribution in [0.5, 0.6) is 0 Å². The zero-order valence-corrected chi connectivity index (χ0v) is 25.3. The molecule has 1 aliphatic carbocycles. The Morgan fingerprint density at radius 2 is 1.71 bits per heavy atom. The fourth-order valence-electron chi connectivity index (χ4n) is 6.37. The van der Waals surface area contributed by atoms with Gasteiger partial charge in [-0.2, -0.15) is 0 Å². The van der Waals surface area contributed by atoms with Crippen LogP contribution in [0.15, 0.2) is 72.9 Å². The lowest BCUT2D eigenvalue weighted by Crippen LogP contribution is -2.60. The molecule has 0 atom stereocenters. The average Bonchev–Trinajstić information content (AvgIpc) is 3.21. The van der Waals surface area contributed by atoms with Crippen LogP contribution >= 0.6 is 0 Å². The van der Waals surface area contributed by atoms with Gasteiger partial charge in [-0.1, -0.05) is 63.2 Å². The minimum absolute atomic E-state index is 0.0229. The maximum Gasteiger partial charge on any atom is 0.408 e. The number of para-hydroxylation sites is 1. The fraction of sp³-hybridized carbons (Fsp3) is 0.343. The highest BCUT2D eigenvalue weighted by atomic mass is 16.4. The Kier molecular flexibility index (Phi) is 6.52. The summed E-state index contributed by atoms with van der Waals surface area (Å²) in [5, 5.41) is 13.8. The lowest BCUT2D eigenvalue weighted by Gasteiger charge is -2.54. The van der Waals surface area contributed by atoms with Gasteiger partial charge < -0.3 is 10.4 Å². The molecule has 1 aliphatic heterocycles. The van der Waals surface area contributed by atoms with Gasteiger partial charge in [0.25, 0.3) is 0 Å². The van der Waals surface area contributed by atoms with Gasteiger partial charge in [0.05, 0.1) is 28.3 Å². The van der Waals surface area contributed by atoms with E-state index in [0.717, 1.165) is 70.4 Å². The highest BCUT2D eigenvalue weighted by Gasteiger charge is 2.50. The first kappa shape index (κ1) is 27.8. The number of fused-ring (bicyclic) bond motifs is 5. The summed E-state index contributed by atoms with van der Waals surface area (Å²) in [4.78, 5) is 24.1. The number of nitrogens with zero attached hydrogens (tertiary/aromatic N) is 4. The van der Waals surface area contributed by atoms with Crippen molar-refractivity contribution in [3.05, 3.63) is 84.2 Å². The van der Waals surface area contributed by atoms with Crippen molar-refractivity contribution in [1.29, 1.82) is 0 Å². The zero-order chi connectivity index (χ0) is 29.9. The maximum absolute atomic E-state index is 12.5. The summed E-state index contributed by atoms with van der Waals surface area (Å²) in [6, 6.07) is 20.7. The minimum atomic E-state index is -0.878. The number of pyridine rings is 1. The predicted octanol–water partition coefficient (Wildman–Crippen LogP) is 8.88. The number of allylic oxidation sites excluding steroid dienone is 1. The smallest absolute Gasteiger partial charge is 0.408 e. The van der Waals surface area contributed by atoms with Crippen LogP contribution in [0.2, 0.25) is 0 Å². The number of rotatable bonds is 4. The van der Waals surface area contributed by atoms with E-state index in [0.29, 0.717) is 0 Å². The molecule has 7 nitrogen and oxygen atoms in total. The van der Waals surface area contributed by atoms with Crippen molar-refractivity contribution in [3.8, 4) is 28.3 Å². The highest BCUT2D eigenvalue weighted by Crippen LogP contribution is 2.50. The van der Waals surface area contributed by atoms with E-state index in [-0.39, 0.29) is 5.41 Å². The molecule has 6 rings (SSSR count). The molecule has 1 amide bonds. The van der Waals surface area contributed by atoms with Crippen LogP contribution in [-0.2, 0) is 5.54 Å². The van der Waals surface area contributed by atoms with Crippen LogP contribution in [0, 0.1) is 5.41 Å². The van der Waals surface area contributed by atoms with Gasteiger partial charge in [-0.15, -0.1) is 0 Å². The molecule has 0 spiro atoms. The van der Waals surface area contributed by atoms with Crippen LogP contribution in [0.3, 0.4) is 0 Å². The number of amides is 1. The highest BCUT2D eigenvalue weighted by molar-refractivity contribution is 5.88. The van der Waals surface area contributed by atoms with E-state index in [9.17, 15) is 9.90 Å². The van der Waals surface area contributed by atoms with E-state index < -0.39 is 17.2 Å². The van der Waals surface area contributed by atoms with E-state index in [1.807, 2.05) is 39.0 Å². The molecule has 42 heavy (non-hydrogen) atoms. The summed E-state index contributed by atoms with van der Waals surface area (Å²) >= 11 is 0. The van der Waals surface area contributed by atoms with Crippen LogP contribution in [0.1, 0.15) is 72.1 Å². The number of hydrogen-bond donors (Lipinski definition) is 2. The molecule has 0 saturated heterocycles. The van der Waals surface area contributed by atoms with Gasteiger partial charge in [0.2, 0.25) is 0 Å². The molecular formula is C35H39N5O2. The number of hydrogen-bond acceptors (Lipinski definition) is 4. The Labute approximate surface area is 247 Å². The van der Waals surface area contributed by atoms with Gasteiger partial charge in [-0.25, -0.2) is 14.8 Å². The SMILES string of the molecule is CC(C)(C)C=Cc1nc2n(c1-c1ccc(C3(N(C(=O)O)C(C)(C)C)CCC3)cc1)-c1cccnc1Nc1ccccc1-2. The second-order valence-corrected chi connectivity index (χ2v) is 13.5. The Morgan fingerprint density at radius 3 is 2.33 bits per heavy atom. The number of anilines is 2. The molecule has 0 radical (unpaired) electrons. The van der Waals surface area contributed by atoms with E-state index in [1.54, 1.807) is 11.1 Å². The molecule has 2 aliphatic rings. The third-order valence-corrected chi connectivity index (χ3v) is 8.26. The van der Waals surface area contributed by atoms with Gasteiger partial charge in [-0.3, -0.25) is 9.47 Å². The van der Waals surface area contributed by atoms with Crippen LogP contribution < -0.4 is 5.32 Å². The third kappa shape index (κ3) is 4.67. The zero-order valence-electron chi connectivity index (χ0n) is 25.3. The maximum atomic E-state index is 12.5. The van der Waals surface area contributed by atoms with Gasteiger partial charge >= 0.3 is 6.09 Å². The molecule has 0 unspecified atom stereocenters. The van der Waals surface area contributed by atoms with E-state index in [1.165, 1.54) is 0 Å². The van der Waals surface area contributed by atoms with E-state index in [2.05, 4.69) is 85.3 Å². The Morgan fingerprint density at radius 1 is 1.00 bits per heavy atom. The number of carboxylic acid groups (broad SMARTS) is 1. The molecule has 0 bridgehead atoms. The largest absolute Gasteiger partial charge is 0.465 e. The monoisotopic (exact) mass is 561 g/mol. The molecule has 2 aromatic carbocycles. The molecule has 1 saturated carbocycles. The standard InChI is InChI=1S/C35H39N5O2/c1-33(2,3)21-18-27-29(23-14-16-24(17-15-23)35(19-10-20-35)40(32(41)42)34(4,5)6)39-28-13-9-22-36-30(28)37-26-12-8-7-11-25(26)31(39)38-27/h7-9,11-18,21-22H,10,19-20H2,1-6H3,(H,36,37)(H,41,42). The minimum Gasteiger partial charge on any atom is -0.465 e. The van der Waals surface area contributed by atoms with Gasteiger partial charge in [0.15, 0.2) is 5.82 Å². The van der Waals surface area contributed by atoms with Gasteiger partial charge in [-0.05, 0) is 81.4 Å². The second-order valence-electron chi connectivity index (χ2n) is 13.5. The van der Waals surface area contributed by atoms with Crippen molar-refractivity contribution in [3.63, 3.8) is 0 Å². The first-order valence-corrected chi connectivity index (χ1v) is 14.7. The first-order valence-electron chi connectivity index (χ1n) is 14.7. The van der Waals surface area contributed by atoms with Crippen molar-refractivity contribution in [1.82, 2.24) is 19.4 Å². The van der Waals surface area contributed by atoms with Crippen molar-refractivity contribution in [2.75, 3.05) is 5.32 Å². The van der Waals surface area contributed by atoms with Crippen molar-refractivity contribution >= 4 is 23.7 Å². The molecule has 216 valence electrons. The fourth-order valence-corrected chi connectivity index (χ4v) is 6.37. The van der Waals surface area contributed by atoms with Crippen molar-refractivity contribution in [2.24, 2.45) is 5.41 Å². The molecule has 1 fully saturated rings. The second kappa shape index (κ2) is 9.86. The summed E-state index contributed by atoms with van der Waals surface area (Å²) in [5.74, 6) is 1.61. The normalized spacial score (nSPS) is 15.6. The third-order valence-electron chi connectivity index (χ3n) is 8.26. The van der Waals surface area contributed by atoms with E-state index in [4.69, 9.17) is 9.97 Å². The number of nitrogens with one attached hydrogen (secondary N) is 1. The molecule has 2 aromatic heterocycles. The number of benzene rings is 2. The quantitative estimate of drug-likeness (QED) is 0.229. The number of aromatic nitrogens is 3. The van der Waals surface area contributed by atoms with Gasteiger partial charge in [0.1, 0.15) is 5.82 Å². The van der Waals surface area contributed by atoms with Gasteiger partial charge in [0, 0.05) is 22.9 Å². The summed E-state index contributed by atoms with van der Waals surface area (Å²) in [5.41, 5.74) is 5.70. The Hall–Kier alpha value is -4.39. The van der Waals surface area contributed by atoms with Crippen LogP contribution in [-0.4, -0.2) is 36.2 Å².